The average molecular weight is 446 g/mol. The number of hydrogen-bond donors (Lipinski definition) is 6. The molecule has 11 heteroatoms. The number of ether oxygens (including phenoxy) is 1. The summed E-state index contributed by atoms with van der Waals surface area (Å²) in [5.41, 5.74) is 0.676. The number of aromatic nitrogens is 3. The molecule has 1 saturated carbocycles. The van der Waals surface area contributed by atoms with E-state index < -0.39 is 24.2 Å². The first-order chi connectivity index (χ1) is 15.0. The van der Waals surface area contributed by atoms with Gasteiger partial charge >= 0.3 is 0 Å². The van der Waals surface area contributed by atoms with Crippen LogP contribution in [0.3, 0.4) is 0 Å². The first kappa shape index (κ1) is 20.3. The maximum absolute atomic E-state index is 13.1. The lowest BCUT2D eigenvalue weighted by atomic mass is 10.1. The van der Waals surface area contributed by atoms with Crippen molar-refractivity contribution in [3.8, 4) is 10.6 Å². The first-order valence-corrected chi connectivity index (χ1v) is 10.9. The third-order valence-electron chi connectivity index (χ3n) is 5.76. The van der Waals surface area contributed by atoms with Crippen LogP contribution in [-0.4, -0.2) is 74.4 Å². The summed E-state index contributed by atoms with van der Waals surface area (Å²) in [6.45, 7) is 0.814. The number of H-pyrrole nitrogens is 1. The van der Waals surface area contributed by atoms with Crippen LogP contribution in [0.2, 0.25) is 0 Å². The SMILES string of the molecule is O=c1[nH]c(NC2COC2)nc(N[C@@H]2C[C@H](CO)[C@@H](O)[C@H]2O)c1-c1nc2ccccc2s1. The molecule has 0 unspecified atom stereocenters. The van der Waals surface area contributed by atoms with Gasteiger partial charge in [-0.3, -0.25) is 9.78 Å². The molecule has 2 aromatic heterocycles. The third kappa shape index (κ3) is 3.79. The van der Waals surface area contributed by atoms with Gasteiger partial charge in [-0.25, -0.2) is 4.98 Å². The van der Waals surface area contributed by atoms with Crippen molar-refractivity contribution in [3.63, 3.8) is 0 Å². The lowest BCUT2D eigenvalue weighted by Crippen LogP contribution is -2.41. The Hall–Kier alpha value is -2.57. The van der Waals surface area contributed by atoms with Gasteiger partial charge in [0.05, 0.1) is 41.6 Å². The van der Waals surface area contributed by atoms with E-state index >= 15 is 0 Å². The molecular formula is C20H23N5O5S. The largest absolute Gasteiger partial charge is 0.396 e. The van der Waals surface area contributed by atoms with Crippen molar-refractivity contribution < 1.29 is 20.1 Å². The van der Waals surface area contributed by atoms with E-state index in [1.54, 1.807) is 0 Å². The fourth-order valence-corrected chi connectivity index (χ4v) is 4.97. The number of benzene rings is 1. The van der Waals surface area contributed by atoms with Crippen LogP contribution < -0.4 is 16.2 Å². The Balaban J connectivity index is 1.55. The fraction of sp³-hybridized carbons (Fsp3) is 0.450. The summed E-state index contributed by atoms with van der Waals surface area (Å²) >= 11 is 1.38. The molecule has 0 spiro atoms. The number of aliphatic hydroxyl groups excluding tert-OH is 3. The summed E-state index contributed by atoms with van der Waals surface area (Å²) in [6.07, 6.45) is -1.82. The minimum absolute atomic E-state index is 0.0574. The molecule has 31 heavy (non-hydrogen) atoms. The molecule has 2 fully saturated rings. The Bertz CT molecular complexity index is 1110. The van der Waals surface area contributed by atoms with E-state index in [1.165, 1.54) is 11.3 Å². The quantitative estimate of drug-likeness (QED) is 0.316. The highest BCUT2D eigenvalue weighted by Crippen LogP contribution is 2.34. The van der Waals surface area contributed by atoms with Gasteiger partial charge in [-0.15, -0.1) is 11.3 Å². The molecule has 10 nitrogen and oxygen atoms in total. The number of nitrogens with zero attached hydrogens (tertiary/aromatic N) is 2. The van der Waals surface area contributed by atoms with Gasteiger partial charge in [0.2, 0.25) is 5.95 Å². The number of fused-ring (bicyclic) bond motifs is 1. The minimum Gasteiger partial charge on any atom is -0.396 e. The van der Waals surface area contributed by atoms with Gasteiger partial charge in [-0.1, -0.05) is 12.1 Å². The lowest BCUT2D eigenvalue weighted by Gasteiger charge is -2.27. The predicted molar refractivity (Wildman–Crippen MR) is 116 cm³/mol. The topological polar surface area (TPSA) is 153 Å². The highest BCUT2D eigenvalue weighted by Gasteiger charge is 2.41. The number of aliphatic hydroxyl groups is 3. The van der Waals surface area contributed by atoms with Crippen molar-refractivity contribution in [1.29, 1.82) is 0 Å². The molecule has 3 heterocycles. The zero-order valence-corrected chi connectivity index (χ0v) is 17.3. The van der Waals surface area contributed by atoms with E-state index in [2.05, 4.69) is 25.6 Å². The van der Waals surface area contributed by atoms with E-state index in [1.807, 2.05) is 24.3 Å². The van der Waals surface area contributed by atoms with Crippen molar-refractivity contribution in [2.24, 2.45) is 5.92 Å². The van der Waals surface area contributed by atoms with Gasteiger partial charge < -0.3 is 30.7 Å². The van der Waals surface area contributed by atoms with Crippen LogP contribution in [-0.2, 0) is 4.74 Å². The van der Waals surface area contributed by atoms with E-state index in [4.69, 9.17) is 4.74 Å². The number of thiazole rings is 1. The molecule has 6 N–H and O–H groups in total. The molecule has 1 aromatic carbocycles. The summed E-state index contributed by atoms with van der Waals surface area (Å²) in [5, 5.41) is 36.9. The average Bonchev–Trinajstić information content (AvgIpc) is 3.26. The van der Waals surface area contributed by atoms with Crippen LogP contribution >= 0.6 is 11.3 Å². The maximum atomic E-state index is 13.1. The van der Waals surface area contributed by atoms with Crippen molar-refractivity contribution in [2.75, 3.05) is 30.5 Å². The Labute approximate surface area is 180 Å². The Morgan fingerprint density at radius 1 is 1.16 bits per heavy atom. The Morgan fingerprint density at radius 2 is 1.97 bits per heavy atom. The molecule has 0 radical (unpaired) electrons. The fourth-order valence-electron chi connectivity index (χ4n) is 3.96. The number of nitrogens with one attached hydrogen (secondary N) is 3. The molecular weight excluding hydrogens is 422 g/mol. The molecule has 3 aromatic rings. The second-order valence-corrected chi connectivity index (χ2v) is 8.94. The van der Waals surface area contributed by atoms with Gasteiger partial charge in [0.25, 0.3) is 5.56 Å². The van der Waals surface area contributed by atoms with Gasteiger partial charge in [-0.2, -0.15) is 4.98 Å². The lowest BCUT2D eigenvalue weighted by molar-refractivity contribution is 0.00446. The number of rotatable bonds is 6. The van der Waals surface area contributed by atoms with E-state index in [-0.39, 0.29) is 35.5 Å². The van der Waals surface area contributed by atoms with Gasteiger partial charge in [-0.05, 0) is 18.6 Å². The molecule has 5 rings (SSSR count). The van der Waals surface area contributed by atoms with E-state index in [0.29, 0.717) is 24.6 Å². The molecule has 4 atom stereocenters. The highest BCUT2D eigenvalue weighted by atomic mass is 32.1. The van der Waals surface area contributed by atoms with Crippen LogP contribution in [0.15, 0.2) is 29.1 Å². The number of para-hydroxylation sites is 1. The predicted octanol–water partition coefficient (Wildman–Crippen LogP) is 0.372. The summed E-state index contributed by atoms with van der Waals surface area (Å²) in [4.78, 5) is 25.0. The summed E-state index contributed by atoms with van der Waals surface area (Å²) < 4.78 is 6.10. The van der Waals surface area contributed by atoms with Crippen molar-refractivity contribution in [1.82, 2.24) is 15.0 Å². The molecule has 1 saturated heterocycles. The standard InChI is InChI=1S/C20H23N5O5S/c26-6-9-5-12(16(28)15(9)27)22-17-14(19-23-11-3-1-2-4-13(11)31-19)18(29)25-20(24-17)21-10-7-30-8-10/h1-4,9-10,12,15-16,26-28H,5-8H2,(H3,21,22,24,25,29)/t9-,12-,15-,16+/m1/s1. The van der Waals surface area contributed by atoms with Gasteiger partial charge in [0, 0.05) is 12.5 Å². The minimum atomic E-state index is -1.10. The van der Waals surface area contributed by atoms with Crippen molar-refractivity contribution in [3.05, 3.63) is 34.6 Å². The number of hydrogen-bond acceptors (Lipinski definition) is 10. The molecule has 2 aliphatic rings. The molecule has 0 bridgehead atoms. The van der Waals surface area contributed by atoms with Crippen LogP contribution in [0.25, 0.3) is 20.8 Å². The Morgan fingerprint density at radius 3 is 2.65 bits per heavy atom. The normalized spacial score (nSPS) is 26.2. The van der Waals surface area contributed by atoms with Crippen molar-refractivity contribution in [2.45, 2.75) is 30.7 Å². The van der Waals surface area contributed by atoms with Crippen molar-refractivity contribution >= 4 is 33.3 Å². The van der Waals surface area contributed by atoms with Crippen LogP contribution in [0, 0.1) is 5.92 Å². The zero-order chi connectivity index (χ0) is 21.5. The highest BCUT2D eigenvalue weighted by molar-refractivity contribution is 7.21. The van der Waals surface area contributed by atoms with Crippen LogP contribution in [0.5, 0.6) is 0 Å². The third-order valence-corrected chi connectivity index (χ3v) is 6.82. The number of anilines is 2. The first-order valence-electron chi connectivity index (χ1n) is 10.1. The van der Waals surface area contributed by atoms with Crippen LogP contribution in [0.1, 0.15) is 6.42 Å². The molecule has 1 aliphatic heterocycles. The van der Waals surface area contributed by atoms with E-state index in [9.17, 15) is 20.1 Å². The second-order valence-electron chi connectivity index (χ2n) is 7.91. The second kappa shape index (κ2) is 8.17. The number of aromatic amines is 1. The van der Waals surface area contributed by atoms with Gasteiger partial charge in [0.15, 0.2) is 0 Å². The summed E-state index contributed by atoms with van der Waals surface area (Å²) in [5.74, 6) is 0.0999. The Kier molecular flexibility index (Phi) is 5.36. The molecule has 0 amide bonds. The summed E-state index contributed by atoms with van der Waals surface area (Å²) in [6, 6.07) is 7.08. The molecule has 1 aliphatic carbocycles. The zero-order valence-electron chi connectivity index (χ0n) is 16.5. The smallest absolute Gasteiger partial charge is 0.264 e. The van der Waals surface area contributed by atoms with Gasteiger partial charge in [0.1, 0.15) is 22.5 Å². The monoisotopic (exact) mass is 445 g/mol. The summed E-state index contributed by atoms with van der Waals surface area (Å²) in [7, 11) is 0. The molecule has 164 valence electrons. The van der Waals surface area contributed by atoms with Crippen LogP contribution in [0.4, 0.5) is 11.8 Å². The maximum Gasteiger partial charge on any atom is 0.264 e. The van der Waals surface area contributed by atoms with E-state index in [0.717, 1.165) is 10.2 Å².